The van der Waals surface area contributed by atoms with Gasteiger partial charge in [-0.15, -0.1) is 10.2 Å². The molecule has 0 unspecified atom stereocenters. The summed E-state index contributed by atoms with van der Waals surface area (Å²) in [4.78, 5) is 13.0. The number of rotatable bonds is 7. The topological polar surface area (TPSA) is 92.8 Å². The number of aryl methyl sites for hydroxylation is 1. The van der Waals surface area contributed by atoms with Gasteiger partial charge in [0.2, 0.25) is 5.91 Å². The molecule has 134 valence electrons. The molecule has 2 N–H and O–H groups in total. The lowest BCUT2D eigenvalue weighted by Gasteiger charge is -2.16. The van der Waals surface area contributed by atoms with Crippen LogP contribution in [0, 0.1) is 6.92 Å². The van der Waals surface area contributed by atoms with Crippen molar-refractivity contribution < 1.29 is 9.53 Å². The van der Waals surface area contributed by atoms with Gasteiger partial charge in [-0.3, -0.25) is 4.79 Å². The summed E-state index contributed by atoms with van der Waals surface area (Å²) in [6.07, 6.45) is 0.476. The summed E-state index contributed by atoms with van der Waals surface area (Å²) in [5, 5.41) is 17.0. The van der Waals surface area contributed by atoms with E-state index in [2.05, 4.69) is 32.0 Å². The van der Waals surface area contributed by atoms with Crippen LogP contribution in [0.15, 0.2) is 48.5 Å². The standard InChI is InChI=1S/C19H21N5O2/c1-3-26-17-10-5-4-9-16(17)20-19(25)15(18-21-23-24-22-18)12-14-8-6-7-13(2)11-14/h4-11,15H,3,12H2,1-2H3,(H,20,25)(H,21,22,23,24)/t15-/m1/s1. The summed E-state index contributed by atoms with van der Waals surface area (Å²) in [5.41, 5.74) is 2.79. The molecule has 0 bridgehead atoms. The summed E-state index contributed by atoms with van der Waals surface area (Å²) in [6, 6.07) is 15.4. The minimum atomic E-state index is -0.565. The molecule has 7 nitrogen and oxygen atoms in total. The third-order valence-electron chi connectivity index (χ3n) is 3.96. The number of ether oxygens (including phenoxy) is 1. The molecule has 7 heteroatoms. The summed E-state index contributed by atoms with van der Waals surface area (Å²) in [6.45, 7) is 4.44. The van der Waals surface area contributed by atoms with Crippen LogP contribution in [0.2, 0.25) is 0 Å². The van der Waals surface area contributed by atoms with Crippen molar-refractivity contribution in [3.63, 3.8) is 0 Å². The van der Waals surface area contributed by atoms with E-state index in [1.807, 2.05) is 56.3 Å². The molecule has 1 amide bonds. The van der Waals surface area contributed by atoms with Gasteiger partial charge < -0.3 is 10.1 Å². The molecule has 0 radical (unpaired) electrons. The Labute approximate surface area is 151 Å². The maximum atomic E-state index is 13.0. The third kappa shape index (κ3) is 4.24. The van der Waals surface area contributed by atoms with E-state index < -0.39 is 5.92 Å². The average Bonchev–Trinajstić information content (AvgIpc) is 3.16. The van der Waals surface area contributed by atoms with Gasteiger partial charge in [0.1, 0.15) is 11.7 Å². The number of hydrogen-bond acceptors (Lipinski definition) is 5. The number of nitrogens with zero attached hydrogens (tertiary/aromatic N) is 3. The fourth-order valence-corrected chi connectivity index (χ4v) is 2.76. The van der Waals surface area contributed by atoms with Crippen LogP contribution in [-0.2, 0) is 11.2 Å². The Kier molecular flexibility index (Phi) is 5.58. The number of carbonyl (C=O) groups is 1. The van der Waals surface area contributed by atoms with Crippen molar-refractivity contribution >= 4 is 11.6 Å². The van der Waals surface area contributed by atoms with Crippen molar-refractivity contribution in [2.45, 2.75) is 26.2 Å². The minimum Gasteiger partial charge on any atom is -0.492 e. The van der Waals surface area contributed by atoms with Crippen molar-refractivity contribution in [3.05, 3.63) is 65.5 Å². The quantitative estimate of drug-likeness (QED) is 0.683. The van der Waals surface area contributed by atoms with Crippen LogP contribution in [0.4, 0.5) is 5.69 Å². The SMILES string of the molecule is CCOc1ccccc1NC(=O)[C@H](Cc1cccc(C)c1)c1nn[nH]n1. The second-order valence-electron chi connectivity index (χ2n) is 5.93. The molecule has 1 heterocycles. The van der Waals surface area contributed by atoms with Crippen LogP contribution in [0.5, 0.6) is 5.75 Å². The van der Waals surface area contributed by atoms with Gasteiger partial charge in [-0.1, -0.05) is 47.2 Å². The Morgan fingerprint density at radius 1 is 1.23 bits per heavy atom. The van der Waals surface area contributed by atoms with Gasteiger partial charge in [0.05, 0.1) is 12.3 Å². The highest BCUT2D eigenvalue weighted by Gasteiger charge is 2.26. The molecular weight excluding hydrogens is 330 g/mol. The Morgan fingerprint density at radius 2 is 2.08 bits per heavy atom. The maximum Gasteiger partial charge on any atom is 0.235 e. The maximum absolute atomic E-state index is 13.0. The van der Waals surface area contributed by atoms with Gasteiger partial charge in [0.25, 0.3) is 0 Å². The molecule has 3 rings (SSSR count). The molecule has 1 atom stereocenters. The second kappa shape index (κ2) is 8.24. The number of tetrazole rings is 1. The molecule has 0 aliphatic heterocycles. The molecule has 1 aromatic heterocycles. The van der Waals surface area contributed by atoms with Crippen molar-refractivity contribution in [1.29, 1.82) is 0 Å². The molecule has 0 aliphatic carbocycles. The predicted octanol–water partition coefficient (Wildman–Crippen LogP) is 2.87. The number of anilines is 1. The summed E-state index contributed by atoms with van der Waals surface area (Å²) in [7, 11) is 0. The highest BCUT2D eigenvalue weighted by atomic mass is 16.5. The fourth-order valence-electron chi connectivity index (χ4n) is 2.76. The second-order valence-corrected chi connectivity index (χ2v) is 5.93. The zero-order valence-corrected chi connectivity index (χ0v) is 14.8. The fraction of sp³-hybridized carbons (Fsp3) is 0.263. The normalized spacial score (nSPS) is 11.8. The molecule has 0 saturated carbocycles. The Hall–Kier alpha value is -3.22. The van der Waals surface area contributed by atoms with Gasteiger partial charge in [0.15, 0.2) is 5.82 Å². The van der Waals surface area contributed by atoms with E-state index in [9.17, 15) is 4.79 Å². The first-order valence-corrected chi connectivity index (χ1v) is 8.49. The minimum absolute atomic E-state index is 0.208. The van der Waals surface area contributed by atoms with E-state index in [1.54, 1.807) is 0 Å². The summed E-state index contributed by atoms with van der Waals surface area (Å²) < 4.78 is 5.58. The zero-order chi connectivity index (χ0) is 18.4. The van der Waals surface area contributed by atoms with E-state index >= 15 is 0 Å². The van der Waals surface area contributed by atoms with E-state index in [4.69, 9.17) is 4.74 Å². The Bertz CT molecular complexity index is 864. The van der Waals surface area contributed by atoms with E-state index in [0.29, 0.717) is 30.3 Å². The lowest BCUT2D eigenvalue weighted by Crippen LogP contribution is -2.24. The van der Waals surface area contributed by atoms with Crippen molar-refractivity contribution in [1.82, 2.24) is 20.6 Å². The first-order chi connectivity index (χ1) is 12.7. The highest BCUT2D eigenvalue weighted by molar-refractivity contribution is 5.96. The van der Waals surface area contributed by atoms with E-state index in [1.165, 1.54) is 0 Å². The molecule has 26 heavy (non-hydrogen) atoms. The molecule has 0 saturated heterocycles. The average molecular weight is 351 g/mol. The number of H-pyrrole nitrogens is 1. The van der Waals surface area contributed by atoms with Crippen LogP contribution in [0.3, 0.4) is 0 Å². The van der Waals surface area contributed by atoms with Crippen molar-refractivity contribution in [2.75, 3.05) is 11.9 Å². The smallest absolute Gasteiger partial charge is 0.235 e. The first-order valence-electron chi connectivity index (χ1n) is 8.49. The number of benzene rings is 2. The van der Waals surface area contributed by atoms with Gasteiger partial charge in [-0.05, 0) is 38.0 Å². The summed E-state index contributed by atoms with van der Waals surface area (Å²) in [5.74, 6) is 0.217. The Balaban J connectivity index is 1.84. The van der Waals surface area contributed by atoms with Crippen LogP contribution < -0.4 is 10.1 Å². The third-order valence-corrected chi connectivity index (χ3v) is 3.96. The Morgan fingerprint density at radius 3 is 2.81 bits per heavy atom. The number of aromatic amines is 1. The van der Waals surface area contributed by atoms with Crippen LogP contribution in [-0.4, -0.2) is 33.1 Å². The molecule has 3 aromatic rings. The molecule has 0 fully saturated rings. The number of nitrogens with one attached hydrogen (secondary N) is 2. The monoisotopic (exact) mass is 351 g/mol. The number of hydrogen-bond donors (Lipinski definition) is 2. The highest BCUT2D eigenvalue weighted by Crippen LogP contribution is 2.26. The molecular formula is C19H21N5O2. The lowest BCUT2D eigenvalue weighted by molar-refractivity contribution is -0.117. The molecule has 0 spiro atoms. The van der Waals surface area contributed by atoms with Crippen LogP contribution in [0.25, 0.3) is 0 Å². The zero-order valence-electron chi connectivity index (χ0n) is 14.8. The van der Waals surface area contributed by atoms with E-state index in [0.717, 1.165) is 11.1 Å². The number of carbonyl (C=O) groups excluding carboxylic acids is 1. The van der Waals surface area contributed by atoms with Gasteiger partial charge >= 0.3 is 0 Å². The number of para-hydroxylation sites is 2. The molecule has 0 aliphatic rings. The largest absolute Gasteiger partial charge is 0.492 e. The lowest BCUT2D eigenvalue weighted by atomic mass is 9.96. The predicted molar refractivity (Wildman–Crippen MR) is 98.0 cm³/mol. The van der Waals surface area contributed by atoms with E-state index in [-0.39, 0.29) is 5.91 Å². The van der Waals surface area contributed by atoms with Crippen LogP contribution in [0.1, 0.15) is 29.8 Å². The van der Waals surface area contributed by atoms with Gasteiger partial charge in [-0.2, -0.15) is 5.21 Å². The van der Waals surface area contributed by atoms with Gasteiger partial charge in [0, 0.05) is 0 Å². The van der Waals surface area contributed by atoms with Crippen molar-refractivity contribution in [3.8, 4) is 5.75 Å². The number of amides is 1. The van der Waals surface area contributed by atoms with Crippen LogP contribution >= 0.6 is 0 Å². The van der Waals surface area contributed by atoms with Crippen molar-refractivity contribution in [2.24, 2.45) is 0 Å². The molecule has 2 aromatic carbocycles. The van der Waals surface area contributed by atoms with Gasteiger partial charge in [-0.25, -0.2) is 0 Å². The number of aromatic nitrogens is 4. The first kappa shape index (κ1) is 17.6. The summed E-state index contributed by atoms with van der Waals surface area (Å²) >= 11 is 0.